The first-order valence-corrected chi connectivity index (χ1v) is 11.9. The number of rotatable bonds is 9. The number of piperidine rings is 1. The zero-order valence-corrected chi connectivity index (χ0v) is 20.1. The van der Waals surface area contributed by atoms with Crippen molar-refractivity contribution in [3.05, 3.63) is 72.1 Å². The fourth-order valence-corrected chi connectivity index (χ4v) is 4.18. The Balaban J connectivity index is 1.53. The van der Waals surface area contributed by atoms with Crippen LogP contribution in [0.15, 0.2) is 60.9 Å². The molecule has 2 heterocycles. The van der Waals surface area contributed by atoms with Crippen LogP contribution in [0.4, 0.5) is 11.6 Å². The molecule has 1 saturated heterocycles. The third-order valence-electron chi connectivity index (χ3n) is 6.04. The molecule has 0 radical (unpaired) electrons. The number of carbonyl (C=O) groups is 1. The number of ether oxygens (including phenoxy) is 1. The summed E-state index contributed by atoms with van der Waals surface area (Å²) in [6.07, 6.45) is 3.06. The maximum Gasteiger partial charge on any atom is 0.241 e. The van der Waals surface area contributed by atoms with Gasteiger partial charge in [0.05, 0.1) is 17.9 Å². The van der Waals surface area contributed by atoms with Gasteiger partial charge in [-0.2, -0.15) is 0 Å². The summed E-state index contributed by atoms with van der Waals surface area (Å²) in [6.45, 7) is 0.640. The molecule has 2 atom stereocenters. The zero-order valence-electron chi connectivity index (χ0n) is 20.1. The molecule has 10 nitrogen and oxygen atoms in total. The molecule has 4 rings (SSSR count). The Hall–Kier alpha value is -4.02. The Labute approximate surface area is 210 Å². The highest BCUT2D eigenvalue weighted by Gasteiger charge is 2.28. The minimum Gasteiger partial charge on any atom is -0.457 e. The Morgan fingerprint density at radius 1 is 1.17 bits per heavy atom. The third-order valence-corrected chi connectivity index (χ3v) is 6.04. The first kappa shape index (κ1) is 25.1. The molecule has 1 aromatic heterocycles. The van der Waals surface area contributed by atoms with E-state index in [0.29, 0.717) is 41.6 Å². The van der Waals surface area contributed by atoms with Gasteiger partial charge in [0.2, 0.25) is 5.91 Å². The third kappa shape index (κ3) is 5.78. The molecule has 10 heteroatoms. The van der Waals surface area contributed by atoms with Gasteiger partial charge in [-0.3, -0.25) is 10.2 Å². The summed E-state index contributed by atoms with van der Waals surface area (Å²) >= 11 is 0. The van der Waals surface area contributed by atoms with Crippen molar-refractivity contribution in [1.29, 1.82) is 5.41 Å². The molecule has 2 unspecified atom stereocenters. The van der Waals surface area contributed by atoms with Gasteiger partial charge in [0.1, 0.15) is 35.5 Å². The molecule has 0 aliphatic carbocycles. The van der Waals surface area contributed by atoms with E-state index in [1.54, 1.807) is 11.9 Å². The zero-order chi connectivity index (χ0) is 25.5. The number of hydrogen-bond donors (Lipinski definition) is 5. The maximum atomic E-state index is 12.5. The number of likely N-dealkylation sites (tertiary alicyclic amines) is 1. The van der Waals surface area contributed by atoms with Crippen LogP contribution >= 0.6 is 0 Å². The lowest BCUT2D eigenvalue weighted by Gasteiger charge is -2.35. The van der Waals surface area contributed by atoms with Crippen molar-refractivity contribution < 1.29 is 14.6 Å². The van der Waals surface area contributed by atoms with Crippen LogP contribution in [0, 0.1) is 5.41 Å². The summed E-state index contributed by atoms with van der Waals surface area (Å²) in [7, 11) is 1.75. The smallest absolute Gasteiger partial charge is 0.241 e. The number of aromatic nitrogens is 2. The molecular formula is C26H31N7O3. The molecule has 1 fully saturated rings. The van der Waals surface area contributed by atoms with Crippen molar-refractivity contribution in [2.24, 2.45) is 5.73 Å². The van der Waals surface area contributed by atoms with Gasteiger partial charge in [0.25, 0.3) is 0 Å². The van der Waals surface area contributed by atoms with E-state index in [4.69, 9.17) is 15.9 Å². The molecule has 1 aliphatic rings. The number of amides is 1. The van der Waals surface area contributed by atoms with E-state index in [9.17, 15) is 9.90 Å². The Bertz CT molecular complexity index is 1190. The number of carbonyl (C=O) groups excluding carboxylic acids is 1. The molecule has 1 aliphatic heterocycles. The van der Waals surface area contributed by atoms with Crippen LogP contribution in [-0.4, -0.2) is 70.4 Å². The molecule has 0 spiro atoms. The number of para-hydroxylation sites is 1. The van der Waals surface area contributed by atoms with Crippen molar-refractivity contribution >= 4 is 23.3 Å². The van der Waals surface area contributed by atoms with Crippen molar-refractivity contribution in [3.63, 3.8) is 0 Å². The average Bonchev–Trinajstić information content (AvgIpc) is 2.92. The molecule has 36 heavy (non-hydrogen) atoms. The van der Waals surface area contributed by atoms with Gasteiger partial charge >= 0.3 is 0 Å². The van der Waals surface area contributed by atoms with Crippen LogP contribution in [0.1, 0.15) is 24.0 Å². The van der Waals surface area contributed by atoms with E-state index >= 15 is 0 Å². The van der Waals surface area contributed by atoms with E-state index in [1.165, 1.54) is 6.33 Å². The van der Waals surface area contributed by atoms with Gasteiger partial charge in [-0.25, -0.2) is 9.97 Å². The molecule has 0 saturated carbocycles. The summed E-state index contributed by atoms with van der Waals surface area (Å²) < 4.78 is 5.87. The molecule has 1 amide bonds. The quantitative estimate of drug-likeness (QED) is 0.288. The molecule has 2 aromatic carbocycles. The van der Waals surface area contributed by atoms with Crippen molar-refractivity contribution in [1.82, 2.24) is 14.9 Å². The fraction of sp³-hybridized carbons (Fsp3) is 0.308. The Morgan fingerprint density at radius 2 is 1.86 bits per heavy atom. The number of anilines is 2. The van der Waals surface area contributed by atoms with Crippen LogP contribution in [0.3, 0.4) is 0 Å². The summed E-state index contributed by atoms with van der Waals surface area (Å²) in [6, 6.07) is 15.8. The summed E-state index contributed by atoms with van der Waals surface area (Å²) in [5.41, 5.74) is 7.20. The van der Waals surface area contributed by atoms with Crippen LogP contribution in [0.5, 0.6) is 11.5 Å². The highest BCUT2D eigenvalue weighted by atomic mass is 16.5. The SMILES string of the molecule is CNc1ncnc(NC2CCCN(C(=O)C(N)CO)C2)c1C(=N)c1ccc(Oc2ccccc2)cc1. The standard InChI is InChI=1S/C26H31N7O3/c1-29-24-22(23(28)17-9-11-20(12-10-17)36-19-7-3-2-4-8-19)25(31-16-30-24)32-18-6-5-13-33(14-18)26(35)21(27)15-34/h2-4,7-12,16,18,21,28,34H,5-6,13-15,27H2,1H3,(H2,29,30,31,32). The van der Waals surface area contributed by atoms with Crippen LogP contribution in [0.2, 0.25) is 0 Å². The van der Waals surface area contributed by atoms with E-state index < -0.39 is 6.04 Å². The summed E-state index contributed by atoms with van der Waals surface area (Å²) in [4.78, 5) is 22.9. The van der Waals surface area contributed by atoms with E-state index in [1.807, 2.05) is 54.6 Å². The van der Waals surface area contributed by atoms with Gasteiger partial charge in [0, 0.05) is 31.7 Å². The van der Waals surface area contributed by atoms with E-state index in [2.05, 4.69) is 20.6 Å². The van der Waals surface area contributed by atoms with Crippen molar-refractivity contribution in [3.8, 4) is 11.5 Å². The largest absolute Gasteiger partial charge is 0.457 e. The topological polar surface area (TPSA) is 149 Å². The monoisotopic (exact) mass is 489 g/mol. The number of nitrogens with two attached hydrogens (primary N) is 1. The molecule has 6 N–H and O–H groups in total. The predicted molar refractivity (Wildman–Crippen MR) is 139 cm³/mol. The van der Waals surface area contributed by atoms with Gasteiger partial charge in [0.15, 0.2) is 0 Å². The van der Waals surface area contributed by atoms with Crippen molar-refractivity contribution in [2.45, 2.75) is 24.9 Å². The summed E-state index contributed by atoms with van der Waals surface area (Å²) in [5, 5.41) is 24.7. The average molecular weight is 490 g/mol. The molecule has 188 valence electrons. The molecule has 3 aromatic rings. The number of aliphatic hydroxyl groups excluding tert-OH is 1. The number of aliphatic hydroxyl groups is 1. The Kier molecular flexibility index (Phi) is 8.09. The second kappa shape index (κ2) is 11.6. The van der Waals surface area contributed by atoms with Gasteiger partial charge < -0.3 is 31.1 Å². The minimum absolute atomic E-state index is 0.0820. The minimum atomic E-state index is -0.920. The lowest BCUT2D eigenvalue weighted by molar-refractivity contribution is -0.134. The maximum absolute atomic E-state index is 12.5. The van der Waals surface area contributed by atoms with Crippen molar-refractivity contribution in [2.75, 3.05) is 37.4 Å². The lowest BCUT2D eigenvalue weighted by Crippen LogP contribution is -2.52. The first-order valence-electron chi connectivity index (χ1n) is 11.9. The van der Waals surface area contributed by atoms with Gasteiger partial charge in [-0.1, -0.05) is 18.2 Å². The van der Waals surface area contributed by atoms with Gasteiger partial charge in [-0.15, -0.1) is 0 Å². The van der Waals surface area contributed by atoms with Crippen LogP contribution in [-0.2, 0) is 4.79 Å². The Morgan fingerprint density at radius 3 is 2.56 bits per heavy atom. The number of hydrogen-bond acceptors (Lipinski definition) is 9. The molecule has 0 bridgehead atoms. The highest BCUT2D eigenvalue weighted by molar-refractivity contribution is 6.16. The fourth-order valence-electron chi connectivity index (χ4n) is 4.18. The number of nitrogens with zero attached hydrogens (tertiary/aromatic N) is 3. The van der Waals surface area contributed by atoms with Crippen LogP contribution < -0.4 is 21.1 Å². The summed E-state index contributed by atoms with van der Waals surface area (Å²) in [5.74, 6) is 2.17. The highest BCUT2D eigenvalue weighted by Crippen LogP contribution is 2.27. The normalized spacial score (nSPS) is 16.2. The van der Waals surface area contributed by atoms with E-state index in [0.717, 1.165) is 18.6 Å². The van der Waals surface area contributed by atoms with E-state index in [-0.39, 0.29) is 24.3 Å². The van der Waals surface area contributed by atoms with Crippen LogP contribution in [0.25, 0.3) is 0 Å². The lowest BCUT2D eigenvalue weighted by atomic mass is 10.0. The molecular weight excluding hydrogens is 458 g/mol. The number of benzene rings is 2. The first-order chi connectivity index (χ1) is 17.5. The second-order valence-electron chi connectivity index (χ2n) is 8.57. The van der Waals surface area contributed by atoms with Gasteiger partial charge in [-0.05, 0) is 49.2 Å². The second-order valence-corrected chi connectivity index (χ2v) is 8.57. The number of nitrogens with one attached hydrogen (secondary N) is 3. The predicted octanol–water partition coefficient (Wildman–Crippen LogP) is 2.45.